The van der Waals surface area contributed by atoms with Crippen molar-refractivity contribution in [2.24, 2.45) is 0 Å². The summed E-state index contributed by atoms with van der Waals surface area (Å²) in [6.07, 6.45) is 6.33. The molecule has 2 aromatic heterocycles. The Hall–Kier alpha value is -2.07. The van der Waals surface area contributed by atoms with E-state index in [-0.39, 0.29) is 18.2 Å². The lowest BCUT2D eigenvalue weighted by Gasteiger charge is -2.16. The van der Waals surface area contributed by atoms with Gasteiger partial charge in [0, 0.05) is 17.6 Å². The maximum Gasteiger partial charge on any atom is 0.275 e. The molecule has 4 rings (SSSR count). The molecule has 0 spiro atoms. The molecule has 114 valence electrons. The SMILES string of the molecule is Cc1c2ccccc2n2c(CO)cn(C3CCCC3)c(=O)c12. The summed E-state index contributed by atoms with van der Waals surface area (Å²) in [5.74, 6) is 0. The lowest BCUT2D eigenvalue weighted by Crippen LogP contribution is -2.26. The highest BCUT2D eigenvalue weighted by molar-refractivity contribution is 5.91. The molecule has 1 fully saturated rings. The minimum atomic E-state index is -0.0678. The Labute approximate surface area is 128 Å². The topological polar surface area (TPSA) is 46.6 Å². The van der Waals surface area contributed by atoms with Gasteiger partial charge in [-0.2, -0.15) is 0 Å². The number of benzene rings is 1. The molecule has 1 aromatic carbocycles. The predicted octanol–water partition coefficient (Wildman–Crippen LogP) is 3.17. The number of aliphatic hydroxyl groups excluding tert-OH is 1. The van der Waals surface area contributed by atoms with Crippen molar-refractivity contribution in [3.8, 4) is 0 Å². The molecule has 0 saturated heterocycles. The molecule has 1 saturated carbocycles. The van der Waals surface area contributed by atoms with E-state index in [9.17, 15) is 9.90 Å². The fourth-order valence-electron chi connectivity index (χ4n) is 3.92. The molecule has 1 aliphatic rings. The van der Waals surface area contributed by atoms with Crippen molar-refractivity contribution in [2.45, 2.75) is 45.3 Å². The first-order valence-corrected chi connectivity index (χ1v) is 7.97. The molecule has 0 atom stereocenters. The minimum absolute atomic E-state index is 0.0674. The van der Waals surface area contributed by atoms with Crippen LogP contribution in [0.25, 0.3) is 16.4 Å². The van der Waals surface area contributed by atoms with Crippen molar-refractivity contribution in [2.75, 3.05) is 0 Å². The number of aryl methyl sites for hydroxylation is 1. The predicted molar refractivity (Wildman–Crippen MR) is 87.3 cm³/mol. The van der Waals surface area contributed by atoms with Gasteiger partial charge in [0.15, 0.2) is 0 Å². The minimum Gasteiger partial charge on any atom is -0.390 e. The molecule has 0 bridgehead atoms. The molecule has 0 radical (unpaired) electrons. The summed E-state index contributed by atoms with van der Waals surface area (Å²) >= 11 is 0. The smallest absolute Gasteiger partial charge is 0.275 e. The highest BCUT2D eigenvalue weighted by Crippen LogP contribution is 2.30. The monoisotopic (exact) mass is 296 g/mol. The van der Waals surface area contributed by atoms with Gasteiger partial charge >= 0.3 is 0 Å². The molecule has 0 unspecified atom stereocenters. The van der Waals surface area contributed by atoms with Gasteiger partial charge in [-0.05, 0) is 31.4 Å². The Bertz CT molecular complexity index is 914. The first kappa shape index (κ1) is 13.6. The highest BCUT2D eigenvalue weighted by atomic mass is 16.3. The third kappa shape index (κ3) is 1.77. The Kier molecular flexibility index (Phi) is 3.08. The van der Waals surface area contributed by atoms with Crippen LogP contribution in [0, 0.1) is 6.92 Å². The average Bonchev–Trinajstić information content (AvgIpc) is 3.16. The van der Waals surface area contributed by atoms with Crippen LogP contribution in [-0.4, -0.2) is 14.1 Å². The van der Waals surface area contributed by atoms with Gasteiger partial charge in [0.1, 0.15) is 5.52 Å². The number of para-hydroxylation sites is 1. The summed E-state index contributed by atoms with van der Waals surface area (Å²) in [6, 6.07) is 8.28. The van der Waals surface area contributed by atoms with E-state index in [1.54, 1.807) is 0 Å². The zero-order chi connectivity index (χ0) is 15.3. The number of aromatic nitrogens is 2. The summed E-state index contributed by atoms with van der Waals surface area (Å²) in [5, 5.41) is 10.9. The Morgan fingerprint density at radius 3 is 2.68 bits per heavy atom. The van der Waals surface area contributed by atoms with Gasteiger partial charge in [-0.3, -0.25) is 4.79 Å². The summed E-state index contributed by atoms with van der Waals surface area (Å²) in [6.45, 7) is 1.93. The van der Waals surface area contributed by atoms with Gasteiger partial charge in [0.2, 0.25) is 0 Å². The molecular weight excluding hydrogens is 276 g/mol. The molecule has 2 heterocycles. The van der Waals surface area contributed by atoms with Crippen molar-refractivity contribution in [1.29, 1.82) is 0 Å². The van der Waals surface area contributed by atoms with Crippen LogP contribution in [0.2, 0.25) is 0 Å². The van der Waals surface area contributed by atoms with E-state index in [2.05, 4.69) is 0 Å². The quantitative estimate of drug-likeness (QED) is 0.789. The molecular formula is C18H20N2O2. The van der Waals surface area contributed by atoms with Crippen molar-refractivity contribution in [3.63, 3.8) is 0 Å². The number of aliphatic hydroxyl groups is 1. The van der Waals surface area contributed by atoms with Gasteiger partial charge < -0.3 is 14.1 Å². The van der Waals surface area contributed by atoms with Crippen molar-refractivity contribution in [1.82, 2.24) is 8.97 Å². The van der Waals surface area contributed by atoms with Gasteiger partial charge in [-0.25, -0.2) is 0 Å². The van der Waals surface area contributed by atoms with Gasteiger partial charge in [0.05, 0.1) is 17.8 Å². The number of fused-ring (bicyclic) bond motifs is 3. The standard InChI is InChI=1S/C18H20N2O2/c1-12-15-8-4-5-9-16(15)20-14(11-21)10-19(18(22)17(12)20)13-6-2-3-7-13/h4-5,8-10,13,21H,2-3,6-7,11H2,1H3. The molecule has 4 nitrogen and oxygen atoms in total. The molecule has 4 heteroatoms. The van der Waals surface area contributed by atoms with Crippen LogP contribution in [0.5, 0.6) is 0 Å². The van der Waals surface area contributed by atoms with E-state index in [0.717, 1.165) is 35.0 Å². The average molecular weight is 296 g/mol. The second-order valence-electron chi connectivity index (χ2n) is 6.26. The van der Waals surface area contributed by atoms with E-state index in [1.807, 2.05) is 46.4 Å². The van der Waals surface area contributed by atoms with Crippen LogP contribution in [0.3, 0.4) is 0 Å². The van der Waals surface area contributed by atoms with Crippen molar-refractivity contribution < 1.29 is 5.11 Å². The first-order chi connectivity index (χ1) is 10.7. The molecule has 3 aromatic rings. The van der Waals surface area contributed by atoms with Crippen molar-refractivity contribution in [3.05, 3.63) is 52.1 Å². The zero-order valence-corrected chi connectivity index (χ0v) is 12.7. The molecule has 1 aliphatic carbocycles. The van der Waals surface area contributed by atoms with E-state index in [1.165, 1.54) is 12.8 Å². The van der Waals surface area contributed by atoms with Gasteiger partial charge in [-0.1, -0.05) is 31.0 Å². The normalized spacial score (nSPS) is 16.1. The maximum absolute atomic E-state index is 13.0. The van der Waals surface area contributed by atoms with E-state index in [4.69, 9.17) is 0 Å². The van der Waals surface area contributed by atoms with E-state index < -0.39 is 0 Å². The maximum atomic E-state index is 13.0. The van der Waals surface area contributed by atoms with E-state index >= 15 is 0 Å². The van der Waals surface area contributed by atoms with Crippen LogP contribution >= 0.6 is 0 Å². The summed E-state index contributed by atoms with van der Waals surface area (Å²) in [5.41, 5.74) is 3.56. The summed E-state index contributed by atoms with van der Waals surface area (Å²) in [7, 11) is 0. The number of hydrogen-bond acceptors (Lipinski definition) is 2. The summed E-state index contributed by atoms with van der Waals surface area (Å²) < 4.78 is 3.79. The second-order valence-corrected chi connectivity index (χ2v) is 6.26. The molecule has 0 aliphatic heterocycles. The number of hydrogen-bond donors (Lipinski definition) is 1. The fraction of sp³-hybridized carbons (Fsp3) is 0.389. The van der Waals surface area contributed by atoms with Crippen molar-refractivity contribution >= 4 is 16.4 Å². The van der Waals surface area contributed by atoms with Crippen LogP contribution < -0.4 is 5.56 Å². The molecule has 22 heavy (non-hydrogen) atoms. The highest BCUT2D eigenvalue weighted by Gasteiger charge is 2.22. The Balaban J connectivity index is 2.15. The third-order valence-corrected chi connectivity index (χ3v) is 5.02. The number of rotatable bonds is 2. The Morgan fingerprint density at radius 1 is 1.23 bits per heavy atom. The first-order valence-electron chi connectivity index (χ1n) is 7.97. The van der Waals surface area contributed by atoms with Gasteiger partial charge in [-0.15, -0.1) is 0 Å². The van der Waals surface area contributed by atoms with Crippen LogP contribution in [0.4, 0.5) is 0 Å². The second kappa shape index (κ2) is 4.99. The van der Waals surface area contributed by atoms with Crippen LogP contribution in [0.15, 0.2) is 35.3 Å². The fourth-order valence-corrected chi connectivity index (χ4v) is 3.92. The summed E-state index contributed by atoms with van der Waals surface area (Å²) in [4.78, 5) is 13.0. The third-order valence-electron chi connectivity index (χ3n) is 5.02. The Morgan fingerprint density at radius 2 is 1.95 bits per heavy atom. The van der Waals surface area contributed by atoms with Crippen LogP contribution in [-0.2, 0) is 6.61 Å². The van der Waals surface area contributed by atoms with Gasteiger partial charge in [0.25, 0.3) is 5.56 Å². The zero-order valence-electron chi connectivity index (χ0n) is 12.7. The van der Waals surface area contributed by atoms with Crippen LogP contribution in [0.1, 0.15) is 43.0 Å². The lowest BCUT2D eigenvalue weighted by atomic mass is 10.2. The number of nitrogens with zero attached hydrogens (tertiary/aromatic N) is 2. The molecule has 0 amide bonds. The van der Waals surface area contributed by atoms with E-state index in [0.29, 0.717) is 5.52 Å². The molecule has 1 N–H and O–H groups in total. The lowest BCUT2D eigenvalue weighted by molar-refractivity contribution is 0.273. The largest absolute Gasteiger partial charge is 0.390 e.